The van der Waals surface area contributed by atoms with Gasteiger partial charge in [0, 0.05) is 37.1 Å². The third-order valence-electron chi connectivity index (χ3n) is 9.09. The third kappa shape index (κ3) is 43.8. The molecule has 0 aliphatic carbocycles. The van der Waals surface area contributed by atoms with E-state index in [1.165, 1.54) is 193 Å². The number of unbranched alkanes of at least 4 members (excludes halogenated alkanes) is 26. The van der Waals surface area contributed by atoms with E-state index >= 15 is 0 Å². The van der Waals surface area contributed by atoms with Crippen molar-refractivity contribution in [2.24, 2.45) is 0 Å². The Kier molecular flexibility index (Phi) is 59.1. The first-order valence-corrected chi connectivity index (χ1v) is 19.7. The van der Waals surface area contributed by atoms with Crippen molar-refractivity contribution >= 4 is 37.2 Å². The van der Waals surface area contributed by atoms with E-state index in [2.05, 4.69) is 84.2 Å². The normalized spacial score (nSPS) is 9.84. The molecular formula is C42H79Cl5N2. The van der Waals surface area contributed by atoms with Crippen molar-refractivity contribution < 1.29 is 33.9 Å². The summed E-state index contributed by atoms with van der Waals surface area (Å²) >= 11 is 0. The fourth-order valence-corrected chi connectivity index (χ4v) is 6.14. The summed E-state index contributed by atoms with van der Waals surface area (Å²) in [5.74, 6) is 0. The Balaban J connectivity index is -0.000000239. The van der Waals surface area contributed by atoms with E-state index in [1.54, 1.807) is 0 Å². The van der Waals surface area contributed by atoms with Gasteiger partial charge in [-0.3, -0.25) is 0 Å². The lowest BCUT2D eigenvalue weighted by molar-refractivity contribution is -0.697. The largest absolute Gasteiger partial charge is 1.00 e. The summed E-state index contributed by atoms with van der Waals surface area (Å²) in [6.07, 6.45) is 48.8. The third-order valence-corrected chi connectivity index (χ3v) is 9.09. The minimum atomic E-state index is 0. The Morgan fingerprint density at radius 3 is 0.653 bits per heavy atom. The Hall–Kier alpha value is -0.250. The molecule has 0 spiro atoms. The molecule has 0 fully saturated rings. The van der Waals surface area contributed by atoms with Crippen LogP contribution in [0.1, 0.15) is 194 Å². The number of rotatable bonds is 30. The maximum atomic E-state index is 2.29. The first-order valence-electron chi connectivity index (χ1n) is 19.7. The summed E-state index contributed by atoms with van der Waals surface area (Å²) < 4.78 is 4.58. The molecule has 0 aromatic carbocycles. The molecule has 0 aliphatic heterocycles. The summed E-state index contributed by atoms with van der Waals surface area (Å²) in [6, 6.07) is 12.6. The zero-order valence-corrected chi connectivity index (χ0v) is 35.8. The van der Waals surface area contributed by atoms with E-state index in [-0.39, 0.29) is 62.0 Å². The monoisotopic (exact) mass is 786 g/mol. The minimum absolute atomic E-state index is 0. The molecule has 0 saturated carbocycles. The Morgan fingerprint density at radius 1 is 0.265 bits per heavy atom. The number of nitrogens with zero attached hydrogens (tertiary/aromatic N) is 2. The number of pyridine rings is 2. The highest BCUT2D eigenvalue weighted by Crippen LogP contribution is 2.14. The van der Waals surface area contributed by atoms with Crippen molar-refractivity contribution in [3.8, 4) is 0 Å². The predicted molar refractivity (Wildman–Crippen MR) is 216 cm³/mol. The average Bonchev–Trinajstić information content (AvgIpc) is 3.06. The number of halogens is 5. The van der Waals surface area contributed by atoms with Gasteiger partial charge in [-0.2, -0.15) is 0 Å². The van der Waals surface area contributed by atoms with Gasteiger partial charge in [0.1, 0.15) is 13.1 Å². The predicted octanol–water partition coefficient (Wildman–Crippen LogP) is 8.18. The molecule has 7 heteroatoms. The fraction of sp³-hybridized carbons (Fsp3) is 0.762. The van der Waals surface area contributed by atoms with Gasteiger partial charge in [-0.1, -0.05) is 180 Å². The molecule has 0 N–H and O–H groups in total. The number of hydrogen-bond acceptors (Lipinski definition) is 0. The molecular weight excluding hydrogens is 710 g/mol. The van der Waals surface area contributed by atoms with Crippen LogP contribution in [-0.4, -0.2) is 0 Å². The van der Waals surface area contributed by atoms with Crippen molar-refractivity contribution in [1.82, 2.24) is 0 Å². The lowest BCUT2D eigenvalue weighted by Crippen LogP contribution is -3.00. The quantitative estimate of drug-likeness (QED) is 0.0558. The van der Waals surface area contributed by atoms with Gasteiger partial charge in [0.2, 0.25) is 0 Å². The van der Waals surface area contributed by atoms with E-state index < -0.39 is 0 Å². The van der Waals surface area contributed by atoms with Crippen LogP contribution < -0.4 is 33.9 Å². The van der Waals surface area contributed by atoms with Crippen LogP contribution in [0.25, 0.3) is 0 Å². The summed E-state index contributed by atoms with van der Waals surface area (Å²) in [6.45, 7) is 6.94. The number of aromatic nitrogens is 2. The number of aryl methyl sites for hydroxylation is 2. The zero-order valence-electron chi connectivity index (χ0n) is 31.9. The minimum Gasteiger partial charge on any atom is -1.00 e. The van der Waals surface area contributed by atoms with Crippen LogP contribution in [0, 0.1) is 0 Å². The van der Waals surface area contributed by atoms with E-state index in [4.69, 9.17) is 0 Å². The Bertz CT molecular complexity index is 731. The highest BCUT2D eigenvalue weighted by Gasteiger charge is 1.99. The van der Waals surface area contributed by atoms with Crippen LogP contribution in [0.15, 0.2) is 61.2 Å². The molecule has 0 aliphatic rings. The van der Waals surface area contributed by atoms with Gasteiger partial charge in [0.25, 0.3) is 0 Å². The van der Waals surface area contributed by atoms with Crippen LogP contribution in [0.4, 0.5) is 0 Å². The number of hydrogen-bond donors (Lipinski definition) is 0. The van der Waals surface area contributed by atoms with Crippen molar-refractivity contribution in [2.45, 2.75) is 207 Å². The van der Waals surface area contributed by atoms with Gasteiger partial charge in [-0.15, -0.1) is 37.2 Å². The second kappa shape index (κ2) is 49.9. The molecule has 0 saturated heterocycles. The average molecular weight is 789 g/mol. The molecule has 2 aromatic heterocycles. The van der Waals surface area contributed by atoms with Crippen LogP contribution >= 0.6 is 37.2 Å². The molecule has 0 radical (unpaired) electrons. The molecule has 0 bridgehead atoms. The lowest BCUT2D eigenvalue weighted by Gasteiger charge is -2.02. The van der Waals surface area contributed by atoms with Crippen molar-refractivity contribution in [3.05, 3.63) is 61.2 Å². The van der Waals surface area contributed by atoms with Gasteiger partial charge in [-0.05, 0) is 12.8 Å². The van der Waals surface area contributed by atoms with Gasteiger partial charge in [0.05, 0.1) is 0 Å². The van der Waals surface area contributed by atoms with Gasteiger partial charge < -0.3 is 24.8 Å². The fourth-order valence-electron chi connectivity index (χ4n) is 6.14. The van der Waals surface area contributed by atoms with E-state index in [0.29, 0.717) is 0 Å². The standard InChI is InChI=1S/2C21H38N.5ClH/c2*1-2-3-4-5-6-7-8-9-10-11-12-13-14-16-19-22-20-17-15-18-21-22;;;;;/h2*15,17-18,20-21H,2-14,16,19H2,1H3;5*1H/q2*+1;;;;;/p-2. The Morgan fingerprint density at radius 2 is 0.449 bits per heavy atom. The SMILES string of the molecule is CCCCCCCCCCCCCCCC[n+]1ccccc1.CCCCCCCCCCCCCCCC[n+]1ccccc1.Cl.Cl.Cl.[Cl-].[Cl-]. The molecule has 0 unspecified atom stereocenters. The molecule has 2 aromatic rings. The van der Waals surface area contributed by atoms with Gasteiger partial charge in [0.15, 0.2) is 24.8 Å². The molecule has 2 nitrogen and oxygen atoms in total. The highest BCUT2D eigenvalue weighted by atomic mass is 35.5. The molecule has 2 rings (SSSR count). The summed E-state index contributed by atoms with van der Waals surface area (Å²) in [7, 11) is 0. The summed E-state index contributed by atoms with van der Waals surface area (Å²) in [4.78, 5) is 0. The first-order chi connectivity index (χ1) is 21.9. The van der Waals surface area contributed by atoms with Crippen molar-refractivity contribution in [1.29, 1.82) is 0 Å². The Labute approximate surface area is 337 Å². The van der Waals surface area contributed by atoms with Crippen molar-refractivity contribution in [2.75, 3.05) is 0 Å². The molecule has 0 atom stereocenters. The van der Waals surface area contributed by atoms with Crippen molar-refractivity contribution in [3.63, 3.8) is 0 Å². The summed E-state index contributed by atoms with van der Waals surface area (Å²) in [5, 5.41) is 0. The second-order valence-corrected chi connectivity index (χ2v) is 13.4. The second-order valence-electron chi connectivity index (χ2n) is 13.4. The van der Waals surface area contributed by atoms with E-state index in [9.17, 15) is 0 Å². The highest BCUT2D eigenvalue weighted by molar-refractivity contribution is 5.86. The molecule has 292 valence electrons. The maximum absolute atomic E-state index is 2.29. The van der Waals surface area contributed by atoms with Crippen LogP contribution in [0.5, 0.6) is 0 Å². The smallest absolute Gasteiger partial charge is 0.168 e. The lowest BCUT2D eigenvalue weighted by atomic mass is 10.0. The van der Waals surface area contributed by atoms with Crippen LogP contribution in [0.3, 0.4) is 0 Å². The molecule has 49 heavy (non-hydrogen) atoms. The first kappa shape index (κ1) is 58.1. The molecule has 2 heterocycles. The van der Waals surface area contributed by atoms with E-state index in [0.717, 1.165) is 0 Å². The van der Waals surface area contributed by atoms with E-state index in [1.807, 2.05) is 0 Å². The van der Waals surface area contributed by atoms with Gasteiger partial charge >= 0.3 is 0 Å². The zero-order chi connectivity index (χ0) is 31.4. The topological polar surface area (TPSA) is 7.76 Å². The maximum Gasteiger partial charge on any atom is 0.168 e. The van der Waals surface area contributed by atoms with Crippen LogP contribution in [-0.2, 0) is 13.1 Å². The van der Waals surface area contributed by atoms with Crippen LogP contribution in [0.2, 0.25) is 0 Å². The molecule has 0 amide bonds. The summed E-state index contributed by atoms with van der Waals surface area (Å²) in [5.41, 5.74) is 0. The van der Waals surface area contributed by atoms with Gasteiger partial charge in [-0.25, -0.2) is 9.13 Å².